The molecular weight excluding hydrogens is 274 g/mol. The summed E-state index contributed by atoms with van der Waals surface area (Å²) < 4.78 is 1.88. The van der Waals surface area contributed by atoms with E-state index in [4.69, 9.17) is 0 Å². The third-order valence-electron chi connectivity index (χ3n) is 4.11. The molecule has 0 amide bonds. The highest BCUT2D eigenvalue weighted by atomic mass is 16.1. The van der Waals surface area contributed by atoms with E-state index in [0.717, 1.165) is 37.0 Å². The number of rotatable bonds is 3. The molecule has 1 fully saturated rings. The molecule has 4 nitrogen and oxygen atoms in total. The minimum atomic E-state index is 0.0703. The lowest BCUT2D eigenvalue weighted by Crippen LogP contribution is -2.34. The third kappa shape index (κ3) is 3.02. The molecule has 0 bridgehead atoms. The van der Waals surface area contributed by atoms with Crippen molar-refractivity contribution < 1.29 is 0 Å². The van der Waals surface area contributed by atoms with Gasteiger partial charge in [-0.05, 0) is 56.4 Å². The number of aromatic nitrogens is 2. The quantitative estimate of drug-likeness (QED) is 0.886. The summed E-state index contributed by atoms with van der Waals surface area (Å²) in [6.07, 6.45) is 13.5. The van der Waals surface area contributed by atoms with Crippen LogP contribution in [0.2, 0.25) is 0 Å². The summed E-state index contributed by atoms with van der Waals surface area (Å²) in [5.41, 5.74) is 0.936. The Morgan fingerprint density at radius 2 is 2.14 bits per heavy atom. The molecule has 0 aliphatic carbocycles. The van der Waals surface area contributed by atoms with E-state index in [9.17, 15) is 4.79 Å². The van der Waals surface area contributed by atoms with Gasteiger partial charge in [-0.3, -0.25) is 9.78 Å². The molecule has 0 saturated carbocycles. The van der Waals surface area contributed by atoms with Crippen molar-refractivity contribution in [1.82, 2.24) is 14.9 Å². The number of piperidine rings is 1. The SMILES string of the molecule is C/C=C/C=C/c1cc2ccn(C3CCNCC3)c(=O)c2cn1. The van der Waals surface area contributed by atoms with Gasteiger partial charge in [0.1, 0.15) is 0 Å². The van der Waals surface area contributed by atoms with Crippen molar-refractivity contribution in [1.29, 1.82) is 0 Å². The van der Waals surface area contributed by atoms with Gasteiger partial charge in [0.2, 0.25) is 0 Å². The molecule has 0 unspecified atom stereocenters. The largest absolute Gasteiger partial charge is 0.317 e. The van der Waals surface area contributed by atoms with Crippen molar-refractivity contribution >= 4 is 16.8 Å². The zero-order valence-electron chi connectivity index (χ0n) is 12.8. The fourth-order valence-corrected chi connectivity index (χ4v) is 2.90. The molecule has 1 saturated heterocycles. The van der Waals surface area contributed by atoms with Crippen molar-refractivity contribution in [3.8, 4) is 0 Å². The summed E-state index contributed by atoms with van der Waals surface area (Å²) in [4.78, 5) is 17.1. The molecule has 0 atom stereocenters. The standard InChI is InChI=1S/C18H21N3O/c1-2-3-4-5-15-12-14-8-11-21(16-6-9-19-10-7-16)18(22)17(14)13-20-15/h2-5,8,11-13,16,19H,6-7,9-10H2,1H3/b3-2+,5-4+. The van der Waals surface area contributed by atoms with Crippen LogP contribution in [-0.2, 0) is 0 Å². The molecule has 4 heteroatoms. The molecule has 3 rings (SSSR count). The molecule has 3 heterocycles. The van der Waals surface area contributed by atoms with Crippen molar-refractivity contribution in [2.75, 3.05) is 13.1 Å². The number of nitrogens with zero attached hydrogens (tertiary/aromatic N) is 2. The van der Waals surface area contributed by atoms with Crippen molar-refractivity contribution in [2.45, 2.75) is 25.8 Å². The number of pyridine rings is 2. The van der Waals surface area contributed by atoms with E-state index in [1.807, 2.05) is 54.1 Å². The second-order valence-corrected chi connectivity index (χ2v) is 5.59. The zero-order valence-corrected chi connectivity index (χ0v) is 12.8. The maximum atomic E-state index is 12.7. The summed E-state index contributed by atoms with van der Waals surface area (Å²) in [5, 5.41) is 4.98. The van der Waals surface area contributed by atoms with Crippen LogP contribution < -0.4 is 10.9 Å². The summed E-state index contributed by atoms with van der Waals surface area (Å²) >= 11 is 0. The number of hydrogen-bond acceptors (Lipinski definition) is 3. The van der Waals surface area contributed by atoms with Crippen LogP contribution in [0.15, 0.2) is 47.5 Å². The number of fused-ring (bicyclic) bond motifs is 1. The van der Waals surface area contributed by atoms with Gasteiger partial charge in [0.05, 0.1) is 11.1 Å². The molecule has 1 N–H and O–H groups in total. The first kappa shape index (κ1) is 14.7. The first-order chi connectivity index (χ1) is 10.8. The van der Waals surface area contributed by atoms with Gasteiger partial charge < -0.3 is 9.88 Å². The second kappa shape index (κ2) is 6.71. The van der Waals surface area contributed by atoms with E-state index in [0.29, 0.717) is 11.4 Å². The lowest BCUT2D eigenvalue weighted by molar-refractivity contribution is 0.362. The van der Waals surface area contributed by atoms with Crippen LogP contribution in [0.25, 0.3) is 16.8 Å². The van der Waals surface area contributed by atoms with E-state index < -0.39 is 0 Å². The van der Waals surface area contributed by atoms with Gasteiger partial charge in [0.15, 0.2) is 0 Å². The van der Waals surface area contributed by atoms with E-state index in [2.05, 4.69) is 10.3 Å². The highest BCUT2D eigenvalue weighted by molar-refractivity contribution is 5.82. The number of nitrogens with one attached hydrogen (secondary N) is 1. The van der Waals surface area contributed by atoms with Crippen LogP contribution >= 0.6 is 0 Å². The van der Waals surface area contributed by atoms with Crippen LogP contribution in [0.1, 0.15) is 31.5 Å². The summed E-state index contributed by atoms with van der Waals surface area (Å²) in [5.74, 6) is 0. The zero-order chi connectivity index (χ0) is 15.4. The Labute approximate surface area is 130 Å². The molecule has 0 spiro atoms. The first-order valence-corrected chi connectivity index (χ1v) is 7.80. The van der Waals surface area contributed by atoms with Crippen molar-refractivity contribution in [2.24, 2.45) is 0 Å². The summed E-state index contributed by atoms with van der Waals surface area (Å²) in [6.45, 7) is 3.92. The molecule has 2 aromatic heterocycles. The molecule has 0 radical (unpaired) electrons. The Hall–Kier alpha value is -2.20. The smallest absolute Gasteiger partial charge is 0.260 e. The van der Waals surface area contributed by atoms with Gasteiger partial charge in [-0.2, -0.15) is 0 Å². The Bertz CT molecular complexity index is 767. The lowest BCUT2D eigenvalue weighted by atomic mass is 10.1. The number of allylic oxidation sites excluding steroid dienone is 3. The Morgan fingerprint density at radius 3 is 2.91 bits per heavy atom. The minimum absolute atomic E-state index is 0.0703. The van der Waals surface area contributed by atoms with Crippen molar-refractivity contribution in [3.63, 3.8) is 0 Å². The highest BCUT2D eigenvalue weighted by Gasteiger charge is 2.16. The van der Waals surface area contributed by atoms with Crippen LogP contribution in [0, 0.1) is 0 Å². The predicted octanol–water partition coefficient (Wildman–Crippen LogP) is 2.91. The van der Waals surface area contributed by atoms with Crippen LogP contribution in [-0.4, -0.2) is 22.6 Å². The maximum Gasteiger partial charge on any atom is 0.260 e. The van der Waals surface area contributed by atoms with Crippen LogP contribution in [0.4, 0.5) is 0 Å². The molecule has 1 aliphatic heterocycles. The Morgan fingerprint density at radius 1 is 1.32 bits per heavy atom. The number of hydrogen-bond donors (Lipinski definition) is 1. The summed E-state index contributed by atoms with van der Waals surface area (Å²) in [7, 11) is 0. The van der Waals surface area contributed by atoms with Crippen LogP contribution in [0.5, 0.6) is 0 Å². The fraction of sp³-hybridized carbons (Fsp3) is 0.333. The van der Waals surface area contributed by atoms with Gasteiger partial charge >= 0.3 is 0 Å². The molecule has 2 aromatic rings. The van der Waals surface area contributed by atoms with Gasteiger partial charge in [-0.25, -0.2) is 0 Å². The van der Waals surface area contributed by atoms with Crippen molar-refractivity contribution in [3.05, 3.63) is 58.8 Å². The Balaban J connectivity index is 1.97. The fourth-order valence-electron chi connectivity index (χ4n) is 2.90. The summed E-state index contributed by atoms with van der Waals surface area (Å²) in [6, 6.07) is 4.28. The molecule has 114 valence electrons. The average molecular weight is 295 g/mol. The minimum Gasteiger partial charge on any atom is -0.317 e. The van der Waals surface area contributed by atoms with E-state index >= 15 is 0 Å². The van der Waals surface area contributed by atoms with E-state index in [1.165, 1.54) is 0 Å². The monoisotopic (exact) mass is 295 g/mol. The lowest BCUT2D eigenvalue weighted by Gasteiger charge is -2.24. The second-order valence-electron chi connectivity index (χ2n) is 5.59. The molecular formula is C18H21N3O. The van der Waals surface area contributed by atoms with Gasteiger partial charge in [0, 0.05) is 18.4 Å². The molecule has 0 aromatic carbocycles. The normalized spacial score (nSPS) is 17.0. The van der Waals surface area contributed by atoms with E-state index in [-0.39, 0.29) is 5.56 Å². The van der Waals surface area contributed by atoms with Gasteiger partial charge in [0.25, 0.3) is 5.56 Å². The van der Waals surface area contributed by atoms with Gasteiger partial charge in [-0.1, -0.05) is 18.2 Å². The topological polar surface area (TPSA) is 46.9 Å². The van der Waals surface area contributed by atoms with E-state index in [1.54, 1.807) is 6.20 Å². The third-order valence-corrected chi connectivity index (χ3v) is 4.11. The highest BCUT2D eigenvalue weighted by Crippen LogP contribution is 2.18. The average Bonchev–Trinajstić information content (AvgIpc) is 2.56. The van der Waals surface area contributed by atoms with Crippen LogP contribution in [0.3, 0.4) is 0 Å². The Kier molecular flexibility index (Phi) is 4.49. The maximum absolute atomic E-state index is 12.7. The first-order valence-electron chi connectivity index (χ1n) is 7.80. The van der Waals surface area contributed by atoms with Gasteiger partial charge in [-0.15, -0.1) is 0 Å². The molecule has 22 heavy (non-hydrogen) atoms. The predicted molar refractivity (Wildman–Crippen MR) is 91.0 cm³/mol. The molecule has 1 aliphatic rings.